The van der Waals surface area contributed by atoms with E-state index < -0.39 is 0 Å². The van der Waals surface area contributed by atoms with Crippen molar-refractivity contribution in [3.63, 3.8) is 0 Å². The summed E-state index contributed by atoms with van der Waals surface area (Å²) in [5.41, 5.74) is 2.14. The summed E-state index contributed by atoms with van der Waals surface area (Å²) in [4.78, 5) is 12.6. The molecule has 2 fully saturated rings. The van der Waals surface area contributed by atoms with Gasteiger partial charge >= 0.3 is 5.97 Å². The zero-order chi connectivity index (χ0) is 22.6. The SMILES string of the molecule is CCCCCCCCC1CCC(c2ccc(C(=O)OC3CCC(CCC)CC3)cc2)CC1. The van der Waals surface area contributed by atoms with Crippen LogP contribution in [-0.4, -0.2) is 12.1 Å². The number of carbonyl (C=O) groups is 1. The van der Waals surface area contributed by atoms with Crippen molar-refractivity contribution < 1.29 is 9.53 Å². The molecular weight excluding hydrogens is 392 g/mol. The van der Waals surface area contributed by atoms with E-state index in [0.29, 0.717) is 5.92 Å². The lowest BCUT2D eigenvalue weighted by Gasteiger charge is -2.29. The molecular formula is C30H48O2. The van der Waals surface area contributed by atoms with Gasteiger partial charge in [0.05, 0.1) is 5.56 Å². The van der Waals surface area contributed by atoms with Crippen LogP contribution < -0.4 is 0 Å². The number of unbranched alkanes of at least 4 members (excludes halogenated alkanes) is 5. The Kier molecular flexibility index (Phi) is 11.1. The molecule has 32 heavy (non-hydrogen) atoms. The van der Waals surface area contributed by atoms with Gasteiger partial charge in [-0.25, -0.2) is 4.79 Å². The van der Waals surface area contributed by atoms with Crippen molar-refractivity contribution in [2.75, 3.05) is 0 Å². The number of hydrogen-bond donors (Lipinski definition) is 0. The van der Waals surface area contributed by atoms with Crippen molar-refractivity contribution in [2.45, 2.75) is 135 Å². The highest BCUT2D eigenvalue weighted by Gasteiger charge is 2.25. The lowest BCUT2D eigenvalue weighted by molar-refractivity contribution is 0.0161. The molecule has 0 amide bonds. The molecule has 0 N–H and O–H groups in total. The van der Waals surface area contributed by atoms with Gasteiger partial charge in [0, 0.05) is 0 Å². The van der Waals surface area contributed by atoms with Crippen molar-refractivity contribution in [1.82, 2.24) is 0 Å². The molecule has 180 valence electrons. The number of esters is 1. The maximum absolute atomic E-state index is 12.6. The Bertz CT molecular complexity index is 633. The van der Waals surface area contributed by atoms with E-state index in [2.05, 4.69) is 26.0 Å². The van der Waals surface area contributed by atoms with Gasteiger partial charge in [0.25, 0.3) is 0 Å². The zero-order valence-electron chi connectivity index (χ0n) is 21.0. The Hall–Kier alpha value is -1.31. The molecule has 0 saturated heterocycles. The van der Waals surface area contributed by atoms with Crippen molar-refractivity contribution >= 4 is 5.97 Å². The smallest absolute Gasteiger partial charge is 0.338 e. The molecule has 2 aliphatic rings. The van der Waals surface area contributed by atoms with Gasteiger partial charge in [-0.3, -0.25) is 0 Å². The van der Waals surface area contributed by atoms with E-state index in [-0.39, 0.29) is 12.1 Å². The summed E-state index contributed by atoms with van der Waals surface area (Å²) in [6.45, 7) is 4.55. The van der Waals surface area contributed by atoms with Crippen LogP contribution in [0, 0.1) is 11.8 Å². The second-order valence-corrected chi connectivity index (χ2v) is 10.7. The molecule has 2 heteroatoms. The molecule has 2 nitrogen and oxygen atoms in total. The Morgan fingerprint density at radius 1 is 0.719 bits per heavy atom. The fourth-order valence-electron chi connectivity index (χ4n) is 6.06. The van der Waals surface area contributed by atoms with E-state index in [0.717, 1.165) is 30.2 Å². The quantitative estimate of drug-likeness (QED) is 0.239. The van der Waals surface area contributed by atoms with Gasteiger partial charge in [0.1, 0.15) is 6.10 Å². The molecule has 0 bridgehead atoms. The number of benzene rings is 1. The highest BCUT2D eigenvalue weighted by molar-refractivity contribution is 5.89. The summed E-state index contributed by atoms with van der Waals surface area (Å²) >= 11 is 0. The monoisotopic (exact) mass is 440 g/mol. The third-order valence-corrected chi connectivity index (χ3v) is 8.19. The minimum atomic E-state index is -0.127. The standard InChI is InChI=1S/C30H48O2/c1-3-5-6-7-8-9-11-25-12-16-26(17-13-25)27-18-20-28(21-19-27)30(31)32-29-22-14-24(10-4-2)15-23-29/h18-21,24-26,29H,3-17,22-23H2,1-2H3. The molecule has 0 unspecified atom stereocenters. The first kappa shape index (κ1) is 25.3. The molecule has 1 aromatic carbocycles. The fourth-order valence-corrected chi connectivity index (χ4v) is 6.06. The van der Waals surface area contributed by atoms with Crippen molar-refractivity contribution in [2.24, 2.45) is 11.8 Å². The lowest BCUT2D eigenvalue weighted by Crippen LogP contribution is -2.24. The average molecular weight is 441 g/mol. The van der Waals surface area contributed by atoms with Crippen LogP contribution in [0.25, 0.3) is 0 Å². The van der Waals surface area contributed by atoms with Crippen molar-refractivity contribution in [3.05, 3.63) is 35.4 Å². The second-order valence-electron chi connectivity index (χ2n) is 10.7. The first-order chi connectivity index (χ1) is 15.7. The summed E-state index contributed by atoms with van der Waals surface area (Å²) in [5, 5.41) is 0. The van der Waals surface area contributed by atoms with Crippen LogP contribution in [0.1, 0.15) is 145 Å². The molecule has 0 spiro atoms. The van der Waals surface area contributed by atoms with E-state index in [1.54, 1.807) is 0 Å². The van der Waals surface area contributed by atoms with E-state index in [9.17, 15) is 4.79 Å². The lowest BCUT2D eigenvalue weighted by atomic mass is 9.77. The van der Waals surface area contributed by atoms with E-state index >= 15 is 0 Å². The number of rotatable bonds is 12. The summed E-state index contributed by atoms with van der Waals surface area (Å²) < 4.78 is 5.83. The topological polar surface area (TPSA) is 26.3 Å². The number of ether oxygens (including phenoxy) is 1. The third-order valence-electron chi connectivity index (χ3n) is 8.19. The van der Waals surface area contributed by atoms with E-state index in [1.807, 2.05) is 12.1 Å². The molecule has 2 saturated carbocycles. The minimum absolute atomic E-state index is 0.122. The van der Waals surface area contributed by atoms with E-state index in [1.165, 1.54) is 102 Å². The molecule has 0 radical (unpaired) electrons. The Morgan fingerprint density at radius 2 is 1.31 bits per heavy atom. The number of carbonyl (C=O) groups excluding carboxylic acids is 1. The maximum Gasteiger partial charge on any atom is 0.338 e. The third kappa shape index (κ3) is 8.23. The van der Waals surface area contributed by atoms with Crippen LogP contribution in [0.15, 0.2) is 24.3 Å². The predicted octanol–water partition coefficient (Wildman–Crippen LogP) is 9.23. The molecule has 0 aliphatic heterocycles. The van der Waals surface area contributed by atoms with Gasteiger partial charge in [-0.05, 0) is 86.8 Å². The predicted molar refractivity (Wildman–Crippen MR) is 135 cm³/mol. The maximum atomic E-state index is 12.6. The zero-order valence-corrected chi connectivity index (χ0v) is 21.0. The summed E-state index contributed by atoms with van der Waals surface area (Å²) in [5.74, 6) is 2.34. The van der Waals surface area contributed by atoms with Crippen LogP contribution in [0.5, 0.6) is 0 Å². The van der Waals surface area contributed by atoms with Gasteiger partial charge in [-0.1, -0.05) is 83.8 Å². The van der Waals surface area contributed by atoms with Crippen LogP contribution in [-0.2, 0) is 4.74 Å². The highest BCUT2D eigenvalue weighted by Crippen LogP contribution is 2.38. The van der Waals surface area contributed by atoms with Crippen LogP contribution in [0.4, 0.5) is 0 Å². The minimum Gasteiger partial charge on any atom is -0.459 e. The first-order valence-electron chi connectivity index (χ1n) is 14.0. The summed E-state index contributed by atoms with van der Waals surface area (Å²) in [7, 11) is 0. The molecule has 1 aromatic rings. The van der Waals surface area contributed by atoms with Gasteiger partial charge in [-0.15, -0.1) is 0 Å². The van der Waals surface area contributed by atoms with Gasteiger partial charge in [0.2, 0.25) is 0 Å². The molecule has 2 aliphatic carbocycles. The Balaban J connectivity index is 1.35. The fraction of sp³-hybridized carbons (Fsp3) is 0.767. The normalized spacial score (nSPS) is 26.1. The van der Waals surface area contributed by atoms with E-state index in [4.69, 9.17) is 4.74 Å². The van der Waals surface area contributed by atoms with Gasteiger partial charge < -0.3 is 4.74 Å². The largest absolute Gasteiger partial charge is 0.459 e. The molecule has 0 atom stereocenters. The van der Waals surface area contributed by atoms with Crippen molar-refractivity contribution in [3.8, 4) is 0 Å². The molecule has 0 heterocycles. The highest BCUT2D eigenvalue weighted by atomic mass is 16.5. The number of hydrogen-bond acceptors (Lipinski definition) is 2. The van der Waals surface area contributed by atoms with Crippen LogP contribution in [0.3, 0.4) is 0 Å². The molecule has 3 rings (SSSR count). The van der Waals surface area contributed by atoms with Gasteiger partial charge in [0.15, 0.2) is 0 Å². The molecule has 0 aromatic heterocycles. The van der Waals surface area contributed by atoms with Crippen molar-refractivity contribution in [1.29, 1.82) is 0 Å². The first-order valence-corrected chi connectivity index (χ1v) is 14.0. The van der Waals surface area contributed by atoms with Crippen LogP contribution >= 0.6 is 0 Å². The van der Waals surface area contributed by atoms with Crippen LogP contribution in [0.2, 0.25) is 0 Å². The van der Waals surface area contributed by atoms with Gasteiger partial charge in [-0.2, -0.15) is 0 Å². The Labute approximate surface area is 197 Å². The second kappa shape index (κ2) is 14.1. The average Bonchev–Trinajstić information content (AvgIpc) is 2.83. The Morgan fingerprint density at radius 3 is 1.97 bits per heavy atom. The summed E-state index contributed by atoms with van der Waals surface area (Å²) in [6.07, 6.45) is 22.5. The summed E-state index contributed by atoms with van der Waals surface area (Å²) in [6, 6.07) is 8.38.